The number of halogens is 1. The molecule has 1 aromatic rings. The van der Waals surface area contributed by atoms with Crippen molar-refractivity contribution in [2.45, 2.75) is 32.4 Å². The van der Waals surface area contributed by atoms with Crippen molar-refractivity contribution in [1.82, 2.24) is 0 Å². The monoisotopic (exact) mass is 343 g/mol. The molecule has 0 bridgehead atoms. The number of anilines is 2. The highest BCUT2D eigenvalue weighted by Gasteiger charge is 2.16. The van der Waals surface area contributed by atoms with Crippen LogP contribution in [0.25, 0.3) is 0 Å². The maximum atomic E-state index is 13.7. The van der Waals surface area contributed by atoms with E-state index in [9.17, 15) is 4.39 Å². The first kappa shape index (κ1) is 19.8. The molecule has 0 fully saturated rings. The Morgan fingerprint density at radius 3 is 2.61 bits per heavy atom. The van der Waals surface area contributed by atoms with Crippen LogP contribution in [0.15, 0.2) is 12.1 Å². The first-order chi connectivity index (χ1) is 10.7. The van der Waals surface area contributed by atoms with Crippen molar-refractivity contribution in [3.05, 3.63) is 23.5 Å². The van der Waals surface area contributed by atoms with E-state index in [1.165, 1.54) is 12.1 Å². The van der Waals surface area contributed by atoms with Gasteiger partial charge in [0.15, 0.2) is 0 Å². The lowest BCUT2D eigenvalue weighted by Gasteiger charge is -2.35. The third-order valence-corrected chi connectivity index (χ3v) is 7.98. The Morgan fingerprint density at radius 2 is 2.04 bits per heavy atom. The first-order valence-corrected chi connectivity index (χ1v) is 10.6. The smallest absolute Gasteiger partial charge is 0.148 e. The molecule has 0 atom stereocenters. The summed E-state index contributed by atoms with van der Waals surface area (Å²) in [5, 5.41) is 11.7. The van der Waals surface area contributed by atoms with Gasteiger partial charge in [-0.05, 0) is 36.3 Å². The lowest BCUT2D eigenvalue weighted by atomic mass is 10.0. The van der Waals surface area contributed by atoms with Gasteiger partial charge in [0.2, 0.25) is 0 Å². The predicted molar refractivity (Wildman–Crippen MR) is 102 cm³/mol. The molecule has 0 aliphatic rings. The molecule has 4 nitrogen and oxygen atoms in total. The highest BCUT2D eigenvalue weighted by atomic mass is 32.3. The number of rotatable bonds is 9. The Balaban J connectivity index is 2.61. The van der Waals surface area contributed by atoms with Crippen molar-refractivity contribution in [3.8, 4) is 0 Å². The van der Waals surface area contributed by atoms with Crippen molar-refractivity contribution < 1.29 is 9.13 Å². The number of ether oxygens (including phenoxy) is 1. The maximum Gasteiger partial charge on any atom is 0.148 e. The zero-order valence-corrected chi connectivity index (χ0v) is 15.6. The van der Waals surface area contributed by atoms with Crippen LogP contribution < -0.4 is 11.1 Å². The Labute approximate surface area is 140 Å². The van der Waals surface area contributed by atoms with Gasteiger partial charge >= 0.3 is 0 Å². The number of benzene rings is 1. The van der Waals surface area contributed by atoms with Crippen LogP contribution in [-0.4, -0.2) is 42.6 Å². The topological polar surface area (TPSA) is 71.1 Å². The van der Waals surface area contributed by atoms with Crippen molar-refractivity contribution in [2.24, 2.45) is 0 Å². The number of nitrogens with one attached hydrogen (secondary N) is 2. The second kappa shape index (κ2) is 8.55. The van der Waals surface area contributed by atoms with Crippen LogP contribution in [0.4, 0.5) is 15.8 Å². The van der Waals surface area contributed by atoms with E-state index >= 15 is 0 Å². The summed E-state index contributed by atoms with van der Waals surface area (Å²) in [7, 11) is -0.645. The van der Waals surface area contributed by atoms with Gasteiger partial charge in [0.05, 0.1) is 12.3 Å². The van der Waals surface area contributed by atoms with Crippen LogP contribution in [-0.2, 0) is 4.74 Å². The normalized spacial score (nSPS) is 12.5. The van der Waals surface area contributed by atoms with Gasteiger partial charge < -0.3 is 21.2 Å². The highest BCUT2D eigenvalue weighted by Crippen LogP contribution is 2.44. The van der Waals surface area contributed by atoms with Gasteiger partial charge in [0, 0.05) is 22.7 Å². The molecular weight excluding hydrogens is 313 g/mol. The molecule has 0 radical (unpaired) electrons. The molecule has 1 rings (SSSR count). The minimum atomic E-state index is -0.645. The molecule has 0 heterocycles. The number of hydrogen-bond acceptors (Lipinski definition) is 4. The Kier molecular flexibility index (Phi) is 7.35. The van der Waals surface area contributed by atoms with Gasteiger partial charge in [-0.25, -0.2) is 14.4 Å². The standard InChI is InChI=1S/C17H30FN3OS/c1-6-15(19)13-9-16(20)14(18)10-17(13)21-11-22-7-8-23(4,5)12(2)3/h9-10,12,19,21H,6-8,11,20H2,1-5H3. The molecule has 132 valence electrons. The SMILES string of the molecule is CCC(=N)c1cc(N)c(F)cc1NCOCCS(C)(C)C(C)C. The number of nitrogens with two attached hydrogens (primary N) is 1. The molecule has 1 aromatic carbocycles. The molecule has 23 heavy (non-hydrogen) atoms. The van der Waals surface area contributed by atoms with Gasteiger partial charge in [0.1, 0.15) is 12.5 Å². The van der Waals surface area contributed by atoms with Crippen molar-refractivity contribution >= 4 is 27.1 Å². The molecule has 0 unspecified atom stereocenters. The molecule has 0 saturated carbocycles. The second-order valence-electron chi connectivity index (χ2n) is 6.36. The first-order valence-electron chi connectivity index (χ1n) is 7.87. The lowest BCUT2D eigenvalue weighted by molar-refractivity contribution is 0.169. The maximum absolute atomic E-state index is 13.7. The van der Waals surface area contributed by atoms with E-state index in [1.807, 2.05) is 6.92 Å². The van der Waals surface area contributed by atoms with E-state index in [0.29, 0.717) is 42.0 Å². The fourth-order valence-electron chi connectivity index (χ4n) is 1.89. The van der Waals surface area contributed by atoms with E-state index in [-0.39, 0.29) is 5.69 Å². The zero-order chi connectivity index (χ0) is 17.6. The van der Waals surface area contributed by atoms with E-state index in [2.05, 4.69) is 31.7 Å². The predicted octanol–water partition coefficient (Wildman–Crippen LogP) is 4.04. The summed E-state index contributed by atoms with van der Waals surface area (Å²) in [6, 6.07) is 2.84. The Hall–Kier alpha value is -1.27. The number of nitrogen functional groups attached to an aromatic ring is 1. The summed E-state index contributed by atoms with van der Waals surface area (Å²) < 4.78 is 19.3. The lowest BCUT2D eigenvalue weighted by Crippen LogP contribution is -2.18. The fraction of sp³-hybridized carbons (Fsp3) is 0.588. The molecule has 0 spiro atoms. The van der Waals surface area contributed by atoms with Crippen LogP contribution >= 0.6 is 10.0 Å². The quantitative estimate of drug-likeness (QED) is 0.274. The largest absolute Gasteiger partial charge is 0.396 e. The Morgan fingerprint density at radius 1 is 1.39 bits per heavy atom. The van der Waals surface area contributed by atoms with Gasteiger partial charge in [0.25, 0.3) is 0 Å². The molecule has 0 aliphatic carbocycles. The summed E-state index contributed by atoms with van der Waals surface area (Å²) in [6.45, 7) is 7.34. The molecule has 0 saturated heterocycles. The molecular formula is C17H30FN3OS. The van der Waals surface area contributed by atoms with Crippen molar-refractivity contribution in [1.29, 1.82) is 5.41 Å². The van der Waals surface area contributed by atoms with Crippen LogP contribution in [0.1, 0.15) is 32.8 Å². The third kappa shape index (κ3) is 5.70. The van der Waals surface area contributed by atoms with E-state index < -0.39 is 15.8 Å². The second-order valence-corrected chi connectivity index (χ2v) is 11.0. The highest BCUT2D eigenvalue weighted by molar-refractivity contribution is 8.33. The summed E-state index contributed by atoms with van der Waals surface area (Å²) in [5.41, 5.74) is 7.27. The minimum absolute atomic E-state index is 0.0620. The van der Waals surface area contributed by atoms with Crippen molar-refractivity contribution in [3.63, 3.8) is 0 Å². The van der Waals surface area contributed by atoms with Crippen molar-refractivity contribution in [2.75, 3.05) is 42.7 Å². The summed E-state index contributed by atoms with van der Waals surface area (Å²) in [4.78, 5) is 0. The number of hydrogen-bond donors (Lipinski definition) is 3. The van der Waals surface area contributed by atoms with Crippen LogP contribution in [0, 0.1) is 11.2 Å². The molecule has 0 aromatic heterocycles. The molecule has 0 amide bonds. The molecule has 4 N–H and O–H groups in total. The van der Waals surface area contributed by atoms with Gasteiger partial charge in [-0.2, -0.15) is 0 Å². The van der Waals surface area contributed by atoms with E-state index in [0.717, 1.165) is 5.75 Å². The molecule has 0 aliphatic heterocycles. The summed E-state index contributed by atoms with van der Waals surface area (Å²) >= 11 is 0. The van der Waals surface area contributed by atoms with Gasteiger partial charge in [-0.15, -0.1) is 0 Å². The van der Waals surface area contributed by atoms with Gasteiger partial charge in [-0.3, -0.25) is 0 Å². The van der Waals surface area contributed by atoms with Crippen LogP contribution in [0.2, 0.25) is 0 Å². The minimum Gasteiger partial charge on any atom is -0.396 e. The zero-order valence-electron chi connectivity index (χ0n) is 14.8. The van der Waals surface area contributed by atoms with Gasteiger partial charge in [-0.1, -0.05) is 20.8 Å². The Bertz CT molecular complexity index is 547. The third-order valence-electron chi connectivity index (χ3n) is 4.21. The summed E-state index contributed by atoms with van der Waals surface area (Å²) in [6.07, 6.45) is 5.18. The average Bonchev–Trinajstić information content (AvgIpc) is 2.49. The fourth-order valence-corrected chi connectivity index (χ4v) is 2.91. The van der Waals surface area contributed by atoms with Crippen LogP contribution in [0.5, 0.6) is 0 Å². The average molecular weight is 344 g/mol. The van der Waals surface area contributed by atoms with Crippen LogP contribution in [0.3, 0.4) is 0 Å². The molecule has 6 heteroatoms. The van der Waals surface area contributed by atoms with E-state index in [4.69, 9.17) is 15.9 Å². The van der Waals surface area contributed by atoms with E-state index in [1.54, 1.807) is 0 Å². The summed E-state index contributed by atoms with van der Waals surface area (Å²) in [5.74, 6) is 0.561.